The Hall–Kier alpha value is -5.42. The highest BCUT2D eigenvalue weighted by atomic mass is 19.4. The van der Waals surface area contributed by atoms with Gasteiger partial charge >= 0.3 is 65.6 Å². The molecular weight excluding hydrogens is 863 g/mol. The number of carbonyl (C=O) groups is 4. The van der Waals surface area contributed by atoms with Gasteiger partial charge in [-0.1, -0.05) is 23.5 Å². The maximum atomic E-state index is 14.2. The minimum absolute atomic E-state index is 0.0907. The molecule has 1 rings (SSSR count). The number of halogens is 17. The first-order valence-corrected chi connectivity index (χ1v) is 15.7. The Labute approximate surface area is 319 Å². The highest BCUT2D eigenvalue weighted by molar-refractivity contribution is 5.98. The Morgan fingerprint density at radius 1 is 0.847 bits per heavy atom. The van der Waals surface area contributed by atoms with E-state index in [1.54, 1.807) is 0 Å². The number of nitrogens with zero attached hydrogens (tertiary/aromatic N) is 4. The number of hydrogen-bond donors (Lipinski definition) is 3. The first-order valence-electron chi connectivity index (χ1n) is 15.7. The lowest BCUT2D eigenvalue weighted by atomic mass is 9.88. The van der Waals surface area contributed by atoms with Crippen molar-refractivity contribution in [3.63, 3.8) is 0 Å². The van der Waals surface area contributed by atoms with Gasteiger partial charge in [0.2, 0.25) is 0 Å². The van der Waals surface area contributed by atoms with Gasteiger partial charge in [0.1, 0.15) is 6.54 Å². The van der Waals surface area contributed by atoms with Crippen molar-refractivity contribution in [2.24, 2.45) is 5.11 Å². The van der Waals surface area contributed by atoms with Crippen molar-refractivity contribution in [3.8, 4) is 12.3 Å². The summed E-state index contributed by atoms with van der Waals surface area (Å²) in [6, 6.07) is 2.40. The second-order valence-corrected chi connectivity index (χ2v) is 11.9. The third-order valence-corrected chi connectivity index (χ3v) is 7.60. The zero-order chi connectivity index (χ0) is 46.1. The maximum Gasteiger partial charge on any atom is 0.460 e. The van der Waals surface area contributed by atoms with Crippen LogP contribution in [0.25, 0.3) is 10.4 Å². The lowest BCUT2D eigenvalue weighted by Gasteiger charge is -2.42. The number of carboxylic acids is 1. The van der Waals surface area contributed by atoms with Crippen molar-refractivity contribution in [1.29, 1.82) is 0 Å². The zero-order valence-corrected chi connectivity index (χ0v) is 29.0. The van der Waals surface area contributed by atoms with Crippen molar-refractivity contribution in [3.05, 3.63) is 40.3 Å². The summed E-state index contributed by atoms with van der Waals surface area (Å²) in [5.74, 6) is -60.4. The summed E-state index contributed by atoms with van der Waals surface area (Å²) in [4.78, 5) is 51.9. The third-order valence-electron chi connectivity index (χ3n) is 7.60. The number of carboxylic acid groups (broad SMARTS) is 1. The molecule has 0 aliphatic carbocycles. The molecule has 3 N–H and O–H groups in total. The largest absolute Gasteiger partial charge is 0.481 e. The van der Waals surface area contributed by atoms with Crippen molar-refractivity contribution in [2.45, 2.75) is 85.8 Å². The molecule has 59 heavy (non-hydrogen) atoms. The molecule has 0 heterocycles. The molecule has 0 unspecified atom stereocenters. The van der Waals surface area contributed by atoms with E-state index < -0.39 is 116 Å². The van der Waals surface area contributed by atoms with E-state index in [9.17, 15) is 93.8 Å². The second kappa shape index (κ2) is 19.1. The fourth-order valence-electron chi connectivity index (χ4n) is 4.48. The third kappa shape index (κ3) is 11.4. The predicted octanol–water partition coefficient (Wildman–Crippen LogP) is 8.15. The number of nitrogens with one attached hydrogen (secondary N) is 2. The molecule has 332 valence electrons. The number of alkyl halides is 17. The number of aliphatic carboxylic acids is 1. The van der Waals surface area contributed by atoms with E-state index >= 15 is 0 Å². The van der Waals surface area contributed by atoms with Crippen molar-refractivity contribution in [2.75, 3.05) is 31.6 Å². The summed E-state index contributed by atoms with van der Waals surface area (Å²) in [6.45, 7) is -4.40. The number of urea groups is 1. The number of ether oxygens (including phenoxy) is 1. The van der Waals surface area contributed by atoms with Crippen LogP contribution >= 0.6 is 0 Å². The Balaban J connectivity index is 3.10. The fourth-order valence-corrected chi connectivity index (χ4v) is 4.48. The quantitative estimate of drug-likeness (QED) is 0.0202. The fraction of sp³-hybridized carbons (Fsp3) is 0.600. The molecule has 0 bridgehead atoms. The molecule has 0 spiro atoms. The van der Waals surface area contributed by atoms with Crippen LogP contribution in [0.5, 0.6) is 0 Å². The first kappa shape index (κ1) is 51.6. The van der Waals surface area contributed by atoms with Crippen LogP contribution in [0, 0.1) is 12.3 Å². The van der Waals surface area contributed by atoms with Gasteiger partial charge < -0.3 is 25.4 Å². The van der Waals surface area contributed by atoms with Crippen molar-refractivity contribution < 1.29 is 104 Å². The van der Waals surface area contributed by atoms with E-state index in [1.807, 2.05) is 5.92 Å². The van der Waals surface area contributed by atoms with E-state index in [1.165, 1.54) is 6.07 Å². The van der Waals surface area contributed by atoms with Crippen LogP contribution in [-0.2, 0) is 14.3 Å². The van der Waals surface area contributed by atoms with Crippen molar-refractivity contribution >= 4 is 29.6 Å². The molecule has 12 nitrogen and oxygen atoms in total. The molecule has 1 aromatic rings. The van der Waals surface area contributed by atoms with Gasteiger partial charge in [0.15, 0.2) is 0 Å². The smallest absolute Gasteiger partial charge is 0.460 e. The number of hydrogen-bond acceptors (Lipinski definition) is 6. The minimum atomic E-state index is -8.80. The summed E-state index contributed by atoms with van der Waals surface area (Å²) in [7, 11) is 0. The molecule has 0 saturated carbocycles. The number of anilines is 1. The summed E-state index contributed by atoms with van der Waals surface area (Å²) in [5, 5.41) is 17.0. The van der Waals surface area contributed by atoms with Gasteiger partial charge in [0.05, 0.1) is 26.0 Å². The number of terminal acetylenes is 1. The van der Waals surface area contributed by atoms with Crippen LogP contribution in [-0.4, -0.2) is 114 Å². The summed E-state index contributed by atoms with van der Waals surface area (Å²) in [5.41, 5.74) is 7.73. The van der Waals surface area contributed by atoms with E-state index in [-0.39, 0.29) is 18.7 Å². The average molecular weight is 891 g/mol. The van der Waals surface area contributed by atoms with Crippen LogP contribution in [0.15, 0.2) is 29.4 Å². The number of amides is 3. The number of esters is 1. The molecule has 3 amide bonds. The maximum absolute atomic E-state index is 14.2. The molecule has 1 atom stereocenters. The van der Waals surface area contributed by atoms with Crippen LogP contribution in [0.3, 0.4) is 0 Å². The van der Waals surface area contributed by atoms with Crippen LogP contribution < -0.4 is 10.6 Å². The summed E-state index contributed by atoms with van der Waals surface area (Å²) < 4.78 is 233. The first-order chi connectivity index (χ1) is 26.7. The normalized spacial score (nSPS) is 13.7. The molecule has 0 aromatic heterocycles. The summed E-state index contributed by atoms with van der Waals surface area (Å²) in [6.07, 6.45) is -5.59. The Morgan fingerprint density at radius 2 is 1.39 bits per heavy atom. The van der Waals surface area contributed by atoms with Crippen LogP contribution in [0.2, 0.25) is 0 Å². The van der Waals surface area contributed by atoms with Crippen LogP contribution in [0.4, 0.5) is 85.1 Å². The zero-order valence-electron chi connectivity index (χ0n) is 29.0. The molecule has 0 radical (unpaired) electrons. The van der Waals surface area contributed by atoms with Gasteiger partial charge in [0.25, 0.3) is 5.91 Å². The van der Waals surface area contributed by atoms with Gasteiger partial charge in [-0.05, 0) is 36.6 Å². The Bertz CT molecular complexity index is 1760. The van der Waals surface area contributed by atoms with E-state index in [2.05, 4.69) is 25.4 Å². The van der Waals surface area contributed by atoms with Crippen LogP contribution in [0.1, 0.15) is 42.5 Å². The Kier molecular flexibility index (Phi) is 16.7. The monoisotopic (exact) mass is 890 g/mol. The highest BCUT2D eigenvalue weighted by Gasteiger charge is 2.95. The molecular formula is C30H27F17N6O6. The van der Waals surface area contributed by atoms with Crippen molar-refractivity contribution in [1.82, 2.24) is 10.2 Å². The van der Waals surface area contributed by atoms with E-state index in [0.29, 0.717) is 17.7 Å². The van der Waals surface area contributed by atoms with Gasteiger partial charge in [0, 0.05) is 28.7 Å². The lowest BCUT2D eigenvalue weighted by Crippen LogP contribution is -2.74. The van der Waals surface area contributed by atoms with Gasteiger partial charge in [-0.3, -0.25) is 14.4 Å². The predicted molar refractivity (Wildman–Crippen MR) is 163 cm³/mol. The van der Waals surface area contributed by atoms with Gasteiger partial charge in [-0.25, -0.2) is 4.79 Å². The standard InChI is InChI=1S/C30H27F17N6O6/c1-2-11-53(21(57)16-6-5-8-17(13-16)50-22(58)51-18(14-19(54)55)7-3-4-10-49-52-48)15-20(56)59-12-9-23(31,32)24(33,34)25(35,36)26(37,38)27(39,40)28(41,42)29(43,44)30(45,46)47/h1,5-6,8,13,18H,3-4,7,9-12,14-15H2,(H,54,55)(H2,50,51,58)/t18-/m0/s1. The lowest BCUT2D eigenvalue weighted by molar-refractivity contribution is -0.461. The molecule has 1 aromatic carbocycles. The molecule has 29 heteroatoms. The van der Waals surface area contributed by atoms with E-state index in [0.717, 1.165) is 18.2 Å². The van der Waals surface area contributed by atoms with Gasteiger partial charge in [-0.2, -0.15) is 74.6 Å². The number of carbonyl (C=O) groups excluding carboxylic acids is 3. The number of benzene rings is 1. The number of azide groups is 1. The highest BCUT2D eigenvalue weighted by Crippen LogP contribution is 2.64. The van der Waals surface area contributed by atoms with E-state index in [4.69, 9.17) is 17.1 Å². The minimum Gasteiger partial charge on any atom is -0.481 e. The molecule has 0 saturated heterocycles. The molecule has 0 fully saturated rings. The second-order valence-electron chi connectivity index (χ2n) is 11.9. The Morgan fingerprint density at radius 3 is 1.90 bits per heavy atom. The molecule has 0 aliphatic rings. The molecule has 0 aliphatic heterocycles. The summed E-state index contributed by atoms with van der Waals surface area (Å²) >= 11 is 0. The number of unbranched alkanes of at least 4 members (excludes halogenated alkanes) is 1. The average Bonchev–Trinajstić information content (AvgIpc) is 3.09. The topological polar surface area (TPSA) is 174 Å². The SMILES string of the molecule is C#CCN(CC(=O)OCCC(F)(F)C(F)(F)C(F)(F)C(F)(F)C(F)(F)C(F)(F)C(F)(F)C(F)(F)F)C(=O)c1cccc(NC(=O)N[C@@H](CCCCN=[N+]=[N-])CC(=O)O)c1. The number of rotatable bonds is 22. The van der Waals surface area contributed by atoms with Gasteiger partial charge in [-0.15, -0.1) is 6.42 Å².